The molecule has 1 N–H and O–H groups in total. The summed E-state index contributed by atoms with van der Waals surface area (Å²) in [5, 5.41) is 2.60. The lowest BCUT2D eigenvalue weighted by molar-refractivity contribution is -0.157. The Labute approximate surface area is 118 Å². The van der Waals surface area contributed by atoms with Crippen LogP contribution in [0.3, 0.4) is 0 Å². The number of hydrogen-bond donors (Lipinski definition) is 1. The van der Waals surface area contributed by atoms with Crippen molar-refractivity contribution in [3.8, 4) is 0 Å². The lowest BCUT2D eigenvalue weighted by atomic mass is 10.3. The molecule has 0 unspecified atom stereocenters. The molecular formula is C12H14F4N2OS. The number of likely N-dealkylation sites (N-methyl/N-ethyl adjacent to an activating group) is 1. The lowest BCUT2D eigenvalue weighted by Crippen LogP contribution is -2.38. The minimum absolute atomic E-state index is 0.329. The summed E-state index contributed by atoms with van der Waals surface area (Å²) in [6.07, 6.45) is -2.71. The molecule has 8 heteroatoms. The van der Waals surface area contributed by atoms with E-state index in [0.717, 1.165) is 7.05 Å². The van der Waals surface area contributed by atoms with Crippen molar-refractivity contribution in [2.75, 3.05) is 31.7 Å². The molecule has 1 aromatic carbocycles. The van der Waals surface area contributed by atoms with Gasteiger partial charge in [0.15, 0.2) is 0 Å². The maximum atomic E-state index is 13.5. The van der Waals surface area contributed by atoms with Crippen LogP contribution in [-0.2, 0) is 4.79 Å². The van der Waals surface area contributed by atoms with E-state index >= 15 is 0 Å². The number of nitrogens with one attached hydrogen (secondary N) is 1. The van der Waals surface area contributed by atoms with Crippen molar-refractivity contribution in [3.63, 3.8) is 0 Å². The van der Waals surface area contributed by atoms with E-state index in [4.69, 9.17) is 0 Å². The number of rotatable bonds is 5. The van der Waals surface area contributed by atoms with Gasteiger partial charge in [0.2, 0.25) is 5.91 Å². The van der Waals surface area contributed by atoms with Crippen molar-refractivity contribution in [2.24, 2.45) is 0 Å². The molecule has 0 aliphatic rings. The van der Waals surface area contributed by atoms with Gasteiger partial charge in [0.1, 0.15) is 12.4 Å². The Kier molecular flexibility index (Phi) is 5.67. The van der Waals surface area contributed by atoms with E-state index in [1.54, 1.807) is 12.3 Å². The number of benzene rings is 1. The molecular weight excluding hydrogens is 296 g/mol. The van der Waals surface area contributed by atoms with Crippen LogP contribution in [0.4, 0.5) is 23.2 Å². The number of carbonyl (C=O) groups excluding carboxylic acids is 1. The molecule has 0 bridgehead atoms. The predicted octanol–water partition coefficient (Wildman–Crippen LogP) is 2.98. The maximum Gasteiger partial charge on any atom is 0.406 e. The van der Waals surface area contributed by atoms with E-state index < -0.39 is 24.4 Å². The molecule has 0 aliphatic carbocycles. The van der Waals surface area contributed by atoms with Crippen LogP contribution in [0, 0.1) is 5.82 Å². The van der Waals surface area contributed by atoms with Crippen molar-refractivity contribution in [1.29, 1.82) is 0 Å². The van der Waals surface area contributed by atoms with Gasteiger partial charge in [-0.1, -0.05) is 0 Å². The minimum Gasteiger partial charge on any atom is -0.376 e. The SMILES string of the molecule is CSc1ccc(NCC(=O)N(C)CC(F)(F)F)cc1F. The molecule has 0 aliphatic heterocycles. The predicted molar refractivity (Wildman–Crippen MR) is 70.4 cm³/mol. The molecule has 0 radical (unpaired) electrons. The molecule has 112 valence electrons. The average Bonchev–Trinajstić information content (AvgIpc) is 2.34. The first-order valence-corrected chi connectivity index (χ1v) is 6.83. The van der Waals surface area contributed by atoms with E-state index in [2.05, 4.69) is 5.32 Å². The highest BCUT2D eigenvalue weighted by atomic mass is 32.2. The van der Waals surface area contributed by atoms with Gasteiger partial charge in [0.25, 0.3) is 0 Å². The van der Waals surface area contributed by atoms with E-state index in [-0.39, 0.29) is 6.54 Å². The van der Waals surface area contributed by atoms with Gasteiger partial charge in [-0.05, 0) is 24.5 Å². The monoisotopic (exact) mass is 310 g/mol. The van der Waals surface area contributed by atoms with Gasteiger partial charge < -0.3 is 10.2 Å². The van der Waals surface area contributed by atoms with Crippen molar-refractivity contribution < 1.29 is 22.4 Å². The second-order valence-corrected chi connectivity index (χ2v) is 4.92. The second-order valence-electron chi connectivity index (χ2n) is 4.07. The summed E-state index contributed by atoms with van der Waals surface area (Å²) in [5.74, 6) is -1.17. The molecule has 3 nitrogen and oxygen atoms in total. The van der Waals surface area contributed by atoms with Crippen molar-refractivity contribution in [3.05, 3.63) is 24.0 Å². The molecule has 1 rings (SSSR count). The molecule has 0 saturated heterocycles. The summed E-state index contributed by atoms with van der Waals surface area (Å²) in [5.41, 5.74) is 0.342. The van der Waals surface area contributed by atoms with Gasteiger partial charge >= 0.3 is 6.18 Å². The lowest BCUT2D eigenvalue weighted by Gasteiger charge is -2.19. The van der Waals surface area contributed by atoms with E-state index in [1.165, 1.54) is 23.9 Å². The number of anilines is 1. The summed E-state index contributed by atoms with van der Waals surface area (Å²) >= 11 is 1.24. The Morgan fingerprint density at radius 2 is 2.05 bits per heavy atom. The van der Waals surface area contributed by atoms with Gasteiger partial charge in [-0.25, -0.2) is 4.39 Å². The Morgan fingerprint density at radius 1 is 1.40 bits per heavy atom. The van der Waals surface area contributed by atoms with Gasteiger partial charge in [-0.15, -0.1) is 11.8 Å². The van der Waals surface area contributed by atoms with Gasteiger partial charge in [0, 0.05) is 17.6 Å². The molecule has 1 amide bonds. The van der Waals surface area contributed by atoms with Crippen molar-refractivity contribution in [1.82, 2.24) is 4.90 Å². The zero-order valence-corrected chi connectivity index (χ0v) is 11.7. The van der Waals surface area contributed by atoms with E-state index in [0.29, 0.717) is 15.5 Å². The highest BCUT2D eigenvalue weighted by Gasteiger charge is 2.30. The zero-order chi connectivity index (χ0) is 15.3. The highest BCUT2D eigenvalue weighted by Crippen LogP contribution is 2.22. The first kappa shape index (κ1) is 16.6. The molecule has 0 aromatic heterocycles. The topological polar surface area (TPSA) is 32.3 Å². The third kappa shape index (κ3) is 5.28. The Balaban J connectivity index is 2.54. The first-order chi connectivity index (χ1) is 9.23. The average molecular weight is 310 g/mol. The van der Waals surface area contributed by atoms with E-state index in [1.807, 2.05) is 0 Å². The van der Waals surface area contributed by atoms with Crippen LogP contribution in [0.1, 0.15) is 0 Å². The number of hydrogen-bond acceptors (Lipinski definition) is 3. The van der Waals surface area contributed by atoms with Crippen LogP contribution in [0.25, 0.3) is 0 Å². The summed E-state index contributed by atoms with van der Waals surface area (Å²) in [6.45, 7) is -1.64. The fourth-order valence-corrected chi connectivity index (χ4v) is 1.90. The molecule has 0 atom stereocenters. The number of carbonyl (C=O) groups is 1. The zero-order valence-electron chi connectivity index (χ0n) is 10.9. The number of amides is 1. The first-order valence-electron chi connectivity index (χ1n) is 5.61. The second kappa shape index (κ2) is 6.83. The fourth-order valence-electron chi connectivity index (χ4n) is 1.45. The quantitative estimate of drug-likeness (QED) is 0.670. The fraction of sp³-hybridized carbons (Fsp3) is 0.417. The van der Waals surface area contributed by atoms with Crippen LogP contribution < -0.4 is 5.32 Å². The Morgan fingerprint density at radius 3 is 2.55 bits per heavy atom. The van der Waals surface area contributed by atoms with E-state index in [9.17, 15) is 22.4 Å². The van der Waals surface area contributed by atoms with Crippen LogP contribution in [0.2, 0.25) is 0 Å². The molecule has 0 fully saturated rings. The third-order valence-corrected chi connectivity index (χ3v) is 3.21. The molecule has 1 aromatic rings. The maximum absolute atomic E-state index is 13.5. The minimum atomic E-state index is -4.43. The molecule has 0 heterocycles. The third-order valence-electron chi connectivity index (χ3n) is 2.44. The number of nitrogens with zero attached hydrogens (tertiary/aromatic N) is 1. The normalized spacial score (nSPS) is 11.3. The number of thioether (sulfide) groups is 1. The summed E-state index contributed by atoms with van der Waals surface area (Å²) in [7, 11) is 1.06. The van der Waals surface area contributed by atoms with Gasteiger partial charge in [-0.3, -0.25) is 4.79 Å². The Bertz CT molecular complexity index is 479. The summed E-state index contributed by atoms with van der Waals surface area (Å²) in [4.78, 5) is 12.5. The molecule has 0 spiro atoms. The van der Waals surface area contributed by atoms with Crippen molar-refractivity contribution in [2.45, 2.75) is 11.1 Å². The Hall–Kier alpha value is -1.44. The molecule has 20 heavy (non-hydrogen) atoms. The standard InChI is InChI=1S/C12H14F4N2OS/c1-18(7-12(14,15)16)11(19)6-17-8-3-4-10(20-2)9(13)5-8/h3-5,17H,6-7H2,1-2H3. The highest BCUT2D eigenvalue weighted by molar-refractivity contribution is 7.98. The largest absolute Gasteiger partial charge is 0.406 e. The number of alkyl halides is 3. The summed E-state index contributed by atoms with van der Waals surface area (Å²) in [6, 6.07) is 4.29. The molecule has 0 saturated carbocycles. The van der Waals surface area contributed by atoms with Crippen LogP contribution >= 0.6 is 11.8 Å². The smallest absolute Gasteiger partial charge is 0.376 e. The van der Waals surface area contributed by atoms with Crippen LogP contribution in [-0.4, -0.2) is 43.4 Å². The summed E-state index contributed by atoms with van der Waals surface area (Å²) < 4.78 is 49.8. The van der Waals surface area contributed by atoms with Crippen LogP contribution in [0.15, 0.2) is 23.1 Å². The van der Waals surface area contributed by atoms with Crippen LogP contribution in [0.5, 0.6) is 0 Å². The van der Waals surface area contributed by atoms with Gasteiger partial charge in [0.05, 0.1) is 6.54 Å². The van der Waals surface area contributed by atoms with Gasteiger partial charge in [-0.2, -0.15) is 13.2 Å². The van der Waals surface area contributed by atoms with Crippen molar-refractivity contribution >= 4 is 23.4 Å². The number of halogens is 4.